The van der Waals surface area contributed by atoms with E-state index in [1.54, 1.807) is 0 Å². The lowest BCUT2D eigenvalue weighted by Crippen LogP contribution is -2.48. The van der Waals surface area contributed by atoms with Gasteiger partial charge < -0.3 is 4.74 Å². The van der Waals surface area contributed by atoms with E-state index in [2.05, 4.69) is 6.07 Å². The van der Waals surface area contributed by atoms with Crippen molar-refractivity contribution in [2.75, 3.05) is 26.3 Å². The Bertz CT molecular complexity index is 518. The average molecular weight is 284 g/mol. The minimum Gasteiger partial charge on any atom is -0.380 e. The van der Waals surface area contributed by atoms with E-state index in [0.717, 1.165) is 12.0 Å². The van der Waals surface area contributed by atoms with E-state index >= 15 is 0 Å². The summed E-state index contributed by atoms with van der Waals surface area (Å²) in [6.07, 6.45) is 1.28. The SMILES string of the molecule is CC1=C(C)CN(S(=O)(=O)C2COCCC2C#N)CC1. The summed E-state index contributed by atoms with van der Waals surface area (Å²) in [4.78, 5) is 0. The highest BCUT2D eigenvalue weighted by Crippen LogP contribution is 2.27. The van der Waals surface area contributed by atoms with Crippen LogP contribution in [0.4, 0.5) is 0 Å². The van der Waals surface area contributed by atoms with Crippen LogP contribution in [0.3, 0.4) is 0 Å². The number of nitrogens with zero attached hydrogens (tertiary/aromatic N) is 2. The largest absolute Gasteiger partial charge is 0.380 e. The van der Waals surface area contributed by atoms with Gasteiger partial charge in [-0.3, -0.25) is 0 Å². The van der Waals surface area contributed by atoms with E-state index in [1.807, 2.05) is 13.8 Å². The molecule has 2 unspecified atom stereocenters. The summed E-state index contributed by atoms with van der Waals surface area (Å²) in [5.74, 6) is -0.453. The molecule has 0 bridgehead atoms. The molecule has 0 aliphatic carbocycles. The van der Waals surface area contributed by atoms with Crippen LogP contribution in [0.25, 0.3) is 0 Å². The molecule has 0 N–H and O–H groups in total. The summed E-state index contributed by atoms with van der Waals surface area (Å²) < 4.78 is 32.1. The zero-order chi connectivity index (χ0) is 14.0. The summed E-state index contributed by atoms with van der Waals surface area (Å²) in [5, 5.41) is 8.41. The normalized spacial score (nSPS) is 30.2. The van der Waals surface area contributed by atoms with Gasteiger partial charge in [-0.25, -0.2) is 8.42 Å². The molecule has 6 heteroatoms. The standard InChI is InChI=1S/C13H20N2O3S/c1-10-3-5-15(8-11(10)2)19(16,17)13-9-18-6-4-12(13)7-14/h12-13H,3-6,8-9H2,1-2H3. The van der Waals surface area contributed by atoms with Gasteiger partial charge in [-0.15, -0.1) is 0 Å². The van der Waals surface area contributed by atoms with Crippen molar-refractivity contribution in [3.63, 3.8) is 0 Å². The van der Waals surface area contributed by atoms with Gasteiger partial charge in [0.15, 0.2) is 0 Å². The Kier molecular flexibility index (Phi) is 4.29. The molecule has 0 spiro atoms. The number of nitriles is 1. The summed E-state index contributed by atoms with van der Waals surface area (Å²) in [6, 6.07) is 2.12. The lowest BCUT2D eigenvalue weighted by molar-refractivity contribution is 0.0812. The maximum atomic E-state index is 12.6. The van der Waals surface area contributed by atoms with Crippen LogP contribution < -0.4 is 0 Å². The Morgan fingerprint density at radius 1 is 1.37 bits per heavy atom. The number of ether oxygens (including phenoxy) is 1. The lowest BCUT2D eigenvalue weighted by atomic mass is 10.0. The fourth-order valence-electron chi connectivity index (χ4n) is 2.55. The third kappa shape index (κ3) is 2.83. The minimum atomic E-state index is -3.45. The van der Waals surface area contributed by atoms with Gasteiger partial charge in [0.1, 0.15) is 5.25 Å². The van der Waals surface area contributed by atoms with E-state index in [1.165, 1.54) is 9.88 Å². The van der Waals surface area contributed by atoms with Crippen molar-refractivity contribution >= 4 is 10.0 Å². The van der Waals surface area contributed by atoms with Crippen molar-refractivity contribution in [3.8, 4) is 6.07 Å². The summed E-state index contributed by atoms with van der Waals surface area (Å²) in [6.45, 7) is 5.58. The topological polar surface area (TPSA) is 70.4 Å². The van der Waals surface area contributed by atoms with Gasteiger partial charge in [0.05, 0.1) is 18.6 Å². The molecule has 1 fully saturated rings. The highest BCUT2D eigenvalue weighted by Gasteiger charge is 2.40. The highest BCUT2D eigenvalue weighted by atomic mass is 32.2. The van der Waals surface area contributed by atoms with E-state index < -0.39 is 21.2 Å². The fourth-order valence-corrected chi connectivity index (χ4v) is 4.53. The molecule has 0 saturated carbocycles. The van der Waals surface area contributed by atoms with Crippen LogP contribution in [0.5, 0.6) is 0 Å². The zero-order valence-corrected chi connectivity index (χ0v) is 12.2. The molecule has 2 aliphatic heterocycles. The van der Waals surface area contributed by atoms with Crippen molar-refractivity contribution in [2.45, 2.75) is 31.9 Å². The molecule has 2 heterocycles. The van der Waals surface area contributed by atoms with Gasteiger partial charge in [-0.2, -0.15) is 9.57 Å². The molecule has 19 heavy (non-hydrogen) atoms. The molecule has 2 atom stereocenters. The highest BCUT2D eigenvalue weighted by molar-refractivity contribution is 7.89. The van der Waals surface area contributed by atoms with Crippen LogP contribution in [0.2, 0.25) is 0 Å². The zero-order valence-electron chi connectivity index (χ0n) is 11.4. The smallest absolute Gasteiger partial charge is 0.220 e. The number of hydrogen-bond donors (Lipinski definition) is 0. The third-order valence-electron chi connectivity index (χ3n) is 4.09. The first-order chi connectivity index (χ1) is 8.96. The first-order valence-corrected chi connectivity index (χ1v) is 8.08. The summed E-state index contributed by atoms with van der Waals surface area (Å²) >= 11 is 0. The van der Waals surface area contributed by atoms with Gasteiger partial charge in [0.25, 0.3) is 0 Å². The number of rotatable bonds is 2. The van der Waals surface area contributed by atoms with E-state index in [4.69, 9.17) is 10.00 Å². The van der Waals surface area contributed by atoms with Gasteiger partial charge in [-0.05, 0) is 26.7 Å². The van der Waals surface area contributed by atoms with E-state index in [0.29, 0.717) is 26.1 Å². The van der Waals surface area contributed by atoms with Gasteiger partial charge in [0.2, 0.25) is 10.0 Å². The monoisotopic (exact) mass is 284 g/mol. The van der Waals surface area contributed by atoms with Crippen LogP contribution in [-0.2, 0) is 14.8 Å². The van der Waals surface area contributed by atoms with Crippen molar-refractivity contribution in [3.05, 3.63) is 11.1 Å². The van der Waals surface area contributed by atoms with Crippen LogP contribution in [0.1, 0.15) is 26.7 Å². The molecule has 0 aromatic carbocycles. The number of hydrogen-bond acceptors (Lipinski definition) is 4. The van der Waals surface area contributed by atoms with Crippen molar-refractivity contribution < 1.29 is 13.2 Å². The van der Waals surface area contributed by atoms with Crippen LogP contribution in [-0.4, -0.2) is 44.3 Å². The summed E-state index contributed by atoms with van der Waals surface area (Å²) in [7, 11) is -3.45. The Morgan fingerprint density at radius 3 is 2.74 bits per heavy atom. The van der Waals surface area contributed by atoms with E-state index in [-0.39, 0.29) is 6.61 Å². The Hall–Kier alpha value is -0.900. The second kappa shape index (κ2) is 5.61. The van der Waals surface area contributed by atoms with Crippen molar-refractivity contribution in [1.82, 2.24) is 4.31 Å². The molecule has 1 saturated heterocycles. The molecule has 2 aliphatic rings. The Morgan fingerprint density at radius 2 is 2.11 bits per heavy atom. The molecule has 5 nitrogen and oxygen atoms in total. The maximum absolute atomic E-state index is 12.6. The fraction of sp³-hybridized carbons (Fsp3) is 0.769. The average Bonchev–Trinajstić information content (AvgIpc) is 2.41. The first-order valence-electron chi connectivity index (χ1n) is 6.58. The second-order valence-electron chi connectivity index (χ2n) is 5.33. The molecule has 0 aromatic heterocycles. The van der Waals surface area contributed by atoms with Crippen LogP contribution >= 0.6 is 0 Å². The molecular formula is C13H20N2O3S. The predicted octanol–water partition coefficient (Wildman–Crippen LogP) is 1.29. The minimum absolute atomic E-state index is 0.138. The lowest BCUT2D eigenvalue weighted by Gasteiger charge is -2.34. The molecule has 0 radical (unpaired) electrons. The molecule has 0 amide bonds. The van der Waals surface area contributed by atoms with E-state index in [9.17, 15) is 8.42 Å². The maximum Gasteiger partial charge on any atom is 0.220 e. The van der Waals surface area contributed by atoms with Gasteiger partial charge in [0, 0.05) is 19.7 Å². The predicted molar refractivity (Wildman–Crippen MR) is 71.8 cm³/mol. The van der Waals surface area contributed by atoms with Crippen molar-refractivity contribution in [1.29, 1.82) is 5.26 Å². The molecule has 2 rings (SSSR count). The Balaban J connectivity index is 2.21. The quantitative estimate of drug-likeness (QED) is 0.716. The molecule has 0 aromatic rings. The van der Waals surface area contributed by atoms with Crippen LogP contribution in [0, 0.1) is 17.2 Å². The molecule has 106 valence electrons. The van der Waals surface area contributed by atoms with Gasteiger partial charge >= 0.3 is 0 Å². The molecular weight excluding hydrogens is 264 g/mol. The van der Waals surface area contributed by atoms with Crippen LogP contribution in [0.15, 0.2) is 11.1 Å². The summed E-state index contributed by atoms with van der Waals surface area (Å²) in [5.41, 5.74) is 2.38. The van der Waals surface area contributed by atoms with Crippen molar-refractivity contribution in [2.24, 2.45) is 5.92 Å². The number of sulfonamides is 1. The van der Waals surface area contributed by atoms with Gasteiger partial charge in [-0.1, -0.05) is 11.1 Å². The Labute approximate surface area is 114 Å². The third-order valence-corrected chi connectivity index (χ3v) is 6.35. The first kappa shape index (κ1) is 14.5. The second-order valence-corrected chi connectivity index (χ2v) is 7.48.